The van der Waals surface area contributed by atoms with Crippen molar-refractivity contribution >= 4 is 22.3 Å². The molecule has 2 aromatic heterocycles. The number of hydrogen-bond donors (Lipinski definition) is 0. The minimum Gasteiger partial charge on any atom is -0.462 e. The summed E-state index contributed by atoms with van der Waals surface area (Å²) in [6.07, 6.45) is 26.6. The Bertz CT molecular complexity index is 2050. The predicted octanol–water partition coefficient (Wildman–Crippen LogP) is 9.90. The summed E-state index contributed by atoms with van der Waals surface area (Å²) in [4.78, 5) is 0. The maximum atomic E-state index is 6.18. The van der Waals surface area contributed by atoms with Crippen LogP contribution >= 0.6 is 0 Å². The second-order valence-corrected chi connectivity index (χ2v) is 12.1. The fourth-order valence-corrected chi connectivity index (χ4v) is 6.31. The molecule has 232 valence electrons. The van der Waals surface area contributed by atoms with Gasteiger partial charge >= 0.3 is 0 Å². The van der Waals surface area contributed by atoms with Crippen molar-refractivity contribution in [1.29, 1.82) is 0 Å². The number of hydrogen-bond acceptors (Lipinski definition) is 7. The lowest BCUT2D eigenvalue weighted by Crippen LogP contribution is -2.00. The quantitative estimate of drug-likeness (QED) is 0.194. The molecular formula is C40H34N4O3. The van der Waals surface area contributed by atoms with E-state index in [1.54, 1.807) is 0 Å². The average Bonchev–Trinajstić information content (AvgIpc) is 3.85. The first-order chi connectivity index (χ1) is 23.2. The predicted molar refractivity (Wildman–Crippen MR) is 183 cm³/mol. The Hall–Kier alpha value is -5.56. The van der Waals surface area contributed by atoms with Crippen LogP contribution in [0.3, 0.4) is 0 Å². The Kier molecular flexibility index (Phi) is 8.02. The highest BCUT2D eigenvalue weighted by molar-refractivity contribution is 5.76. The van der Waals surface area contributed by atoms with Crippen molar-refractivity contribution in [2.45, 2.75) is 51.4 Å². The highest BCUT2D eigenvalue weighted by atomic mass is 16.5. The molecule has 0 saturated carbocycles. The fourth-order valence-electron chi connectivity index (χ4n) is 6.31. The molecule has 4 aliphatic rings. The molecule has 47 heavy (non-hydrogen) atoms. The van der Waals surface area contributed by atoms with Crippen LogP contribution in [0.5, 0.6) is 5.75 Å². The van der Waals surface area contributed by atoms with E-state index in [9.17, 15) is 0 Å². The Balaban J connectivity index is 0.888. The molecular weight excluding hydrogens is 584 g/mol. The van der Waals surface area contributed by atoms with Crippen LogP contribution in [-0.4, -0.2) is 20.4 Å². The lowest BCUT2D eigenvalue weighted by molar-refractivity contribution is 0.402. The van der Waals surface area contributed by atoms with E-state index < -0.39 is 0 Å². The zero-order chi connectivity index (χ0) is 31.4. The van der Waals surface area contributed by atoms with Gasteiger partial charge in [0.05, 0.1) is 0 Å². The molecule has 2 heterocycles. The topological polar surface area (TPSA) is 87.1 Å². The molecule has 0 bridgehead atoms. The molecule has 0 aliphatic heterocycles. The minimum atomic E-state index is 0.494. The van der Waals surface area contributed by atoms with Gasteiger partial charge in [0.2, 0.25) is 23.6 Å². The third kappa shape index (κ3) is 6.42. The number of allylic oxidation sites excluding steroid dienone is 16. The lowest BCUT2D eigenvalue weighted by atomic mass is 9.89. The van der Waals surface area contributed by atoms with E-state index in [1.807, 2.05) is 42.5 Å². The summed E-state index contributed by atoms with van der Waals surface area (Å²) in [5, 5.41) is 17.3. The van der Waals surface area contributed by atoms with Crippen molar-refractivity contribution in [1.82, 2.24) is 20.4 Å². The molecule has 0 unspecified atom stereocenters. The van der Waals surface area contributed by atoms with Crippen molar-refractivity contribution in [3.05, 3.63) is 149 Å². The molecule has 0 N–H and O–H groups in total. The summed E-state index contributed by atoms with van der Waals surface area (Å²) >= 11 is 0. The number of nitrogens with zero attached hydrogens (tertiary/aromatic N) is 4. The summed E-state index contributed by atoms with van der Waals surface area (Å²) in [6.45, 7) is 0. The van der Waals surface area contributed by atoms with Gasteiger partial charge in [0.25, 0.3) is 0 Å². The van der Waals surface area contributed by atoms with Gasteiger partial charge in [-0.15, -0.1) is 20.4 Å². The first-order valence-electron chi connectivity index (χ1n) is 16.3. The third-order valence-electron chi connectivity index (χ3n) is 9.01. The summed E-state index contributed by atoms with van der Waals surface area (Å²) in [5.41, 5.74) is 9.43. The molecule has 0 spiro atoms. The first kappa shape index (κ1) is 28.9. The normalized spacial score (nSPS) is 17.9. The van der Waals surface area contributed by atoms with Gasteiger partial charge in [-0.05, 0) is 97.6 Å². The van der Waals surface area contributed by atoms with Crippen LogP contribution in [-0.2, 0) is 0 Å². The first-order valence-corrected chi connectivity index (χ1v) is 16.3. The van der Waals surface area contributed by atoms with E-state index >= 15 is 0 Å². The van der Waals surface area contributed by atoms with Gasteiger partial charge in [-0.25, -0.2) is 0 Å². The summed E-state index contributed by atoms with van der Waals surface area (Å²) < 4.78 is 18.3. The molecule has 0 atom stereocenters. The molecule has 2 aromatic carbocycles. The summed E-state index contributed by atoms with van der Waals surface area (Å²) in [6, 6.07) is 18.2. The van der Waals surface area contributed by atoms with Crippen molar-refractivity contribution in [2.75, 3.05) is 0 Å². The monoisotopic (exact) mass is 618 g/mol. The van der Waals surface area contributed by atoms with Crippen LogP contribution in [0.15, 0.2) is 135 Å². The Morgan fingerprint density at radius 3 is 1.60 bits per heavy atom. The Morgan fingerprint density at radius 2 is 1.00 bits per heavy atom. The number of benzene rings is 2. The van der Waals surface area contributed by atoms with Gasteiger partial charge in [-0.3, -0.25) is 0 Å². The highest BCUT2D eigenvalue weighted by Crippen LogP contribution is 2.35. The van der Waals surface area contributed by atoms with E-state index in [4.69, 9.17) is 13.6 Å². The molecule has 7 nitrogen and oxygen atoms in total. The fraction of sp³-hybridized carbons (Fsp3) is 0.200. The largest absolute Gasteiger partial charge is 0.462 e. The van der Waals surface area contributed by atoms with Crippen molar-refractivity contribution < 1.29 is 13.6 Å². The molecule has 4 aromatic rings. The summed E-state index contributed by atoms with van der Waals surface area (Å²) in [7, 11) is 0. The van der Waals surface area contributed by atoms with Gasteiger partial charge in [-0.2, -0.15) is 0 Å². The zero-order valence-electron chi connectivity index (χ0n) is 26.1. The summed E-state index contributed by atoms with van der Waals surface area (Å²) in [5.74, 6) is 3.88. The smallest absolute Gasteiger partial charge is 0.248 e. The van der Waals surface area contributed by atoms with Gasteiger partial charge in [0.1, 0.15) is 11.5 Å². The Morgan fingerprint density at radius 1 is 0.447 bits per heavy atom. The second-order valence-electron chi connectivity index (χ2n) is 12.1. The number of ether oxygens (including phenoxy) is 1. The van der Waals surface area contributed by atoms with Gasteiger partial charge in [0, 0.05) is 28.7 Å². The third-order valence-corrected chi connectivity index (χ3v) is 9.01. The van der Waals surface area contributed by atoms with E-state index in [0.717, 1.165) is 85.2 Å². The van der Waals surface area contributed by atoms with Crippen LogP contribution in [0.2, 0.25) is 0 Å². The van der Waals surface area contributed by atoms with Gasteiger partial charge < -0.3 is 13.6 Å². The lowest BCUT2D eigenvalue weighted by Gasteiger charge is -2.17. The van der Waals surface area contributed by atoms with E-state index in [0.29, 0.717) is 23.6 Å². The van der Waals surface area contributed by atoms with Crippen LogP contribution in [0.1, 0.15) is 74.6 Å². The molecule has 0 amide bonds. The van der Waals surface area contributed by atoms with Crippen molar-refractivity contribution in [3.8, 4) is 17.2 Å². The maximum Gasteiger partial charge on any atom is 0.248 e. The van der Waals surface area contributed by atoms with Gasteiger partial charge in [-0.1, -0.05) is 78.9 Å². The van der Waals surface area contributed by atoms with Crippen LogP contribution in [0.4, 0.5) is 0 Å². The number of rotatable bonds is 8. The van der Waals surface area contributed by atoms with Crippen LogP contribution < -0.4 is 4.74 Å². The molecule has 0 saturated heterocycles. The number of aromatic nitrogens is 4. The Labute approximate surface area is 273 Å². The standard InChI is InChI=1S/C40H34N4O3/c1-3-7-27(8-4-1)29-11-15-31(16-12-29)37-41-43-39(46-37)33-19-23-35(24-20-33)45-36-25-21-34(22-26-36)40-44-42-38(47-40)32-17-13-30(14-18-32)28-9-5-2-6-10-28/h1-5,7-9,11,13,15,17,19-21,23-25H,6,10,12,14,16,18,22,26H2. The zero-order valence-corrected chi connectivity index (χ0v) is 26.1. The van der Waals surface area contributed by atoms with Crippen molar-refractivity contribution in [3.63, 3.8) is 0 Å². The average molecular weight is 619 g/mol. The van der Waals surface area contributed by atoms with E-state index in [-0.39, 0.29) is 0 Å². The van der Waals surface area contributed by atoms with E-state index in [1.165, 1.54) is 22.3 Å². The molecule has 7 heteroatoms. The molecule has 8 rings (SSSR count). The van der Waals surface area contributed by atoms with Crippen LogP contribution in [0.25, 0.3) is 33.7 Å². The molecule has 0 fully saturated rings. The minimum absolute atomic E-state index is 0.494. The van der Waals surface area contributed by atoms with E-state index in [2.05, 4.69) is 87.2 Å². The van der Waals surface area contributed by atoms with Crippen molar-refractivity contribution in [2.24, 2.45) is 0 Å². The molecule has 0 radical (unpaired) electrons. The van der Waals surface area contributed by atoms with Crippen LogP contribution in [0, 0.1) is 0 Å². The second kappa shape index (κ2) is 13.0. The maximum absolute atomic E-state index is 6.18. The SMILES string of the molecule is C1=CCCC(C2=CC=C(c3nnc(C4=CC=C(Oc5ccc(-c6nnc(C7=CC=C(c8ccccc8)CC7)o6)cc5)CC4)o3)CC2)=C1. The molecule has 4 aliphatic carbocycles. The van der Waals surface area contributed by atoms with Gasteiger partial charge in [0.15, 0.2) is 0 Å². The highest BCUT2D eigenvalue weighted by Gasteiger charge is 2.20.